The maximum absolute atomic E-state index is 11.9. The lowest BCUT2D eigenvalue weighted by molar-refractivity contribution is -0.121. The van der Waals surface area contributed by atoms with Gasteiger partial charge in [0.25, 0.3) is 0 Å². The molecule has 2 aromatic rings. The molecular formula is C14H15N3OS. The van der Waals surface area contributed by atoms with Crippen LogP contribution in [0.15, 0.2) is 36.0 Å². The highest BCUT2D eigenvalue weighted by molar-refractivity contribution is 7.09. The molecule has 0 saturated heterocycles. The Kier molecular flexibility index (Phi) is 3.46. The number of rotatable bonds is 4. The Morgan fingerprint density at radius 2 is 2.37 bits per heavy atom. The molecule has 0 radical (unpaired) electrons. The highest BCUT2D eigenvalue weighted by Gasteiger charge is 2.23. The molecule has 1 aliphatic rings. The first-order valence-corrected chi connectivity index (χ1v) is 7.18. The molecule has 0 saturated carbocycles. The number of nitrogens with one attached hydrogen (secondary N) is 2. The minimum absolute atomic E-state index is 0.0944. The first kappa shape index (κ1) is 12.2. The van der Waals surface area contributed by atoms with Gasteiger partial charge in [-0.3, -0.25) is 9.78 Å². The number of fused-ring (bicyclic) bond motifs is 1. The van der Waals surface area contributed by atoms with Gasteiger partial charge in [0.05, 0.1) is 12.1 Å². The van der Waals surface area contributed by atoms with E-state index in [1.165, 1.54) is 5.56 Å². The van der Waals surface area contributed by atoms with E-state index in [2.05, 4.69) is 27.8 Å². The molecule has 1 aromatic carbocycles. The second kappa shape index (κ2) is 5.40. The fourth-order valence-corrected chi connectivity index (χ4v) is 2.88. The quantitative estimate of drug-likeness (QED) is 0.899. The van der Waals surface area contributed by atoms with Crippen molar-refractivity contribution in [3.8, 4) is 0 Å². The van der Waals surface area contributed by atoms with Gasteiger partial charge in [0.2, 0.25) is 5.91 Å². The van der Waals surface area contributed by atoms with Crippen LogP contribution in [0, 0.1) is 0 Å². The molecule has 1 unspecified atom stereocenters. The molecule has 98 valence electrons. The summed E-state index contributed by atoms with van der Waals surface area (Å²) < 4.78 is 0. The molecular weight excluding hydrogens is 258 g/mol. The molecule has 1 aliphatic heterocycles. The summed E-state index contributed by atoms with van der Waals surface area (Å²) in [4.78, 5) is 17.0. The Hall–Kier alpha value is -1.88. The van der Waals surface area contributed by atoms with Crippen LogP contribution in [0.1, 0.15) is 22.8 Å². The molecule has 1 atom stereocenters. The number of carbonyl (C=O) groups excluding carboxylic acids is 1. The van der Waals surface area contributed by atoms with E-state index in [9.17, 15) is 4.79 Å². The number of aromatic nitrogens is 1. The van der Waals surface area contributed by atoms with Crippen molar-refractivity contribution in [2.75, 3.05) is 11.9 Å². The van der Waals surface area contributed by atoms with Gasteiger partial charge >= 0.3 is 0 Å². The Bertz CT molecular complexity index is 568. The lowest BCUT2D eigenvalue weighted by Crippen LogP contribution is -2.24. The molecule has 0 aliphatic carbocycles. The van der Waals surface area contributed by atoms with Gasteiger partial charge < -0.3 is 10.6 Å². The van der Waals surface area contributed by atoms with Crippen molar-refractivity contribution in [2.24, 2.45) is 0 Å². The molecule has 2 N–H and O–H groups in total. The number of para-hydroxylation sites is 1. The summed E-state index contributed by atoms with van der Waals surface area (Å²) in [5.74, 6) is 0.370. The standard InChI is InChI=1S/C14H15N3OS/c18-14(17-8-11-7-15-9-19-11)5-10-6-16-13-4-2-1-3-12(10)13/h1-4,7,9-10,16H,5-6,8H2,(H,17,18). The lowest BCUT2D eigenvalue weighted by Gasteiger charge is -2.10. The normalized spacial score (nSPS) is 16.7. The van der Waals surface area contributed by atoms with Crippen molar-refractivity contribution in [1.29, 1.82) is 0 Å². The van der Waals surface area contributed by atoms with Crippen molar-refractivity contribution >= 4 is 22.9 Å². The molecule has 0 spiro atoms. The van der Waals surface area contributed by atoms with Gasteiger partial charge in [-0.2, -0.15) is 0 Å². The summed E-state index contributed by atoms with van der Waals surface area (Å²) in [6.45, 7) is 1.42. The zero-order chi connectivity index (χ0) is 13.1. The minimum atomic E-state index is 0.0944. The van der Waals surface area contributed by atoms with E-state index in [-0.39, 0.29) is 11.8 Å². The smallest absolute Gasteiger partial charge is 0.220 e. The van der Waals surface area contributed by atoms with Crippen LogP contribution in [-0.2, 0) is 11.3 Å². The molecule has 19 heavy (non-hydrogen) atoms. The van der Waals surface area contributed by atoms with Gasteiger partial charge in [0, 0.05) is 35.6 Å². The van der Waals surface area contributed by atoms with Crippen LogP contribution in [0.2, 0.25) is 0 Å². The van der Waals surface area contributed by atoms with Gasteiger partial charge in [0.1, 0.15) is 0 Å². The van der Waals surface area contributed by atoms with E-state index in [0.29, 0.717) is 13.0 Å². The van der Waals surface area contributed by atoms with Crippen LogP contribution < -0.4 is 10.6 Å². The minimum Gasteiger partial charge on any atom is -0.384 e. The van der Waals surface area contributed by atoms with Crippen LogP contribution in [0.4, 0.5) is 5.69 Å². The third-order valence-corrected chi connectivity index (χ3v) is 4.09. The second-order valence-electron chi connectivity index (χ2n) is 4.61. The third-order valence-electron chi connectivity index (χ3n) is 3.31. The second-order valence-corrected chi connectivity index (χ2v) is 5.58. The van der Waals surface area contributed by atoms with Crippen molar-refractivity contribution in [2.45, 2.75) is 18.9 Å². The Morgan fingerprint density at radius 3 is 3.21 bits per heavy atom. The maximum atomic E-state index is 11.9. The molecule has 0 bridgehead atoms. The zero-order valence-corrected chi connectivity index (χ0v) is 11.2. The number of amides is 1. The van der Waals surface area contributed by atoms with Crippen LogP contribution in [-0.4, -0.2) is 17.4 Å². The molecule has 4 nitrogen and oxygen atoms in total. The molecule has 3 rings (SSSR count). The summed E-state index contributed by atoms with van der Waals surface area (Å²) in [7, 11) is 0. The van der Waals surface area contributed by atoms with Crippen molar-refractivity contribution in [3.05, 3.63) is 46.4 Å². The van der Waals surface area contributed by atoms with Gasteiger partial charge in [-0.25, -0.2) is 0 Å². The molecule has 5 heteroatoms. The number of hydrogen-bond acceptors (Lipinski definition) is 4. The Balaban J connectivity index is 1.56. The number of carbonyl (C=O) groups is 1. The van der Waals surface area contributed by atoms with E-state index in [0.717, 1.165) is 17.1 Å². The van der Waals surface area contributed by atoms with Gasteiger partial charge in [-0.1, -0.05) is 18.2 Å². The third kappa shape index (κ3) is 2.76. The average Bonchev–Trinajstić information content (AvgIpc) is 3.07. The number of anilines is 1. The SMILES string of the molecule is O=C(CC1CNc2ccccc21)NCc1cncs1. The number of benzene rings is 1. The topological polar surface area (TPSA) is 54.0 Å². The van der Waals surface area contributed by atoms with Crippen molar-refractivity contribution < 1.29 is 4.79 Å². The fourth-order valence-electron chi connectivity index (χ4n) is 2.35. The predicted octanol–water partition coefficient (Wildman–Crippen LogP) is 2.36. The molecule has 1 aromatic heterocycles. The Labute approximate surface area is 115 Å². The van der Waals surface area contributed by atoms with E-state index < -0.39 is 0 Å². The lowest BCUT2D eigenvalue weighted by atomic mass is 9.97. The van der Waals surface area contributed by atoms with E-state index in [1.807, 2.05) is 12.1 Å². The van der Waals surface area contributed by atoms with Crippen LogP contribution in [0.5, 0.6) is 0 Å². The van der Waals surface area contributed by atoms with E-state index in [1.54, 1.807) is 23.0 Å². The molecule has 1 amide bonds. The number of thiazole rings is 1. The summed E-state index contributed by atoms with van der Waals surface area (Å²) >= 11 is 1.56. The van der Waals surface area contributed by atoms with Crippen LogP contribution in [0.25, 0.3) is 0 Å². The first-order chi connectivity index (χ1) is 9.33. The molecule has 0 fully saturated rings. The van der Waals surface area contributed by atoms with Gasteiger partial charge in [-0.15, -0.1) is 11.3 Å². The largest absolute Gasteiger partial charge is 0.384 e. The summed E-state index contributed by atoms with van der Waals surface area (Å²) in [5.41, 5.74) is 4.18. The van der Waals surface area contributed by atoms with Crippen LogP contribution >= 0.6 is 11.3 Å². The van der Waals surface area contributed by atoms with Gasteiger partial charge in [-0.05, 0) is 11.6 Å². The van der Waals surface area contributed by atoms with E-state index in [4.69, 9.17) is 0 Å². The number of nitrogens with zero attached hydrogens (tertiary/aromatic N) is 1. The molecule has 2 heterocycles. The number of hydrogen-bond donors (Lipinski definition) is 2. The monoisotopic (exact) mass is 273 g/mol. The highest BCUT2D eigenvalue weighted by atomic mass is 32.1. The van der Waals surface area contributed by atoms with Crippen molar-refractivity contribution in [1.82, 2.24) is 10.3 Å². The predicted molar refractivity (Wildman–Crippen MR) is 76.3 cm³/mol. The Morgan fingerprint density at radius 1 is 1.47 bits per heavy atom. The summed E-state index contributed by atoms with van der Waals surface area (Å²) in [5, 5.41) is 6.28. The zero-order valence-electron chi connectivity index (χ0n) is 10.4. The first-order valence-electron chi connectivity index (χ1n) is 6.30. The highest BCUT2D eigenvalue weighted by Crippen LogP contribution is 2.32. The summed E-state index contributed by atoms with van der Waals surface area (Å²) in [6, 6.07) is 8.19. The van der Waals surface area contributed by atoms with E-state index >= 15 is 0 Å². The van der Waals surface area contributed by atoms with Crippen molar-refractivity contribution in [3.63, 3.8) is 0 Å². The van der Waals surface area contributed by atoms with Crippen LogP contribution in [0.3, 0.4) is 0 Å². The fraction of sp³-hybridized carbons (Fsp3) is 0.286. The average molecular weight is 273 g/mol. The van der Waals surface area contributed by atoms with Gasteiger partial charge in [0.15, 0.2) is 0 Å². The maximum Gasteiger partial charge on any atom is 0.220 e. The summed E-state index contributed by atoms with van der Waals surface area (Å²) in [6.07, 6.45) is 2.32.